The standard InChI is InChI=1S/C14H16ClIN2O2/c1-9(19)17-11-3-2-6-18(8-11)14(20)10-4-5-13(16)12(15)7-10/h4-5,7,11H,2-3,6,8H2,1H3,(H,17,19). The highest BCUT2D eigenvalue weighted by Gasteiger charge is 2.25. The van der Waals surface area contributed by atoms with Crippen LogP contribution in [0.3, 0.4) is 0 Å². The zero-order valence-electron chi connectivity index (χ0n) is 11.2. The first-order valence-corrected chi connectivity index (χ1v) is 7.94. The Morgan fingerprint density at radius 2 is 2.20 bits per heavy atom. The number of halogens is 2. The van der Waals surface area contributed by atoms with Gasteiger partial charge in [0.15, 0.2) is 0 Å². The van der Waals surface area contributed by atoms with Gasteiger partial charge in [-0.1, -0.05) is 11.6 Å². The van der Waals surface area contributed by atoms with Gasteiger partial charge in [-0.3, -0.25) is 9.59 Å². The monoisotopic (exact) mass is 406 g/mol. The average molecular weight is 407 g/mol. The predicted molar refractivity (Wildman–Crippen MR) is 86.9 cm³/mol. The summed E-state index contributed by atoms with van der Waals surface area (Å²) < 4.78 is 0.926. The Kier molecular flexibility index (Phi) is 5.26. The van der Waals surface area contributed by atoms with Crippen molar-refractivity contribution in [2.24, 2.45) is 0 Å². The van der Waals surface area contributed by atoms with Crippen LogP contribution in [0.1, 0.15) is 30.1 Å². The first-order chi connectivity index (χ1) is 9.47. The maximum atomic E-state index is 12.4. The molecular weight excluding hydrogens is 391 g/mol. The highest BCUT2D eigenvalue weighted by Crippen LogP contribution is 2.21. The molecule has 0 radical (unpaired) electrons. The van der Waals surface area contributed by atoms with Crippen molar-refractivity contribution in [1.82, 2.24) is 10.2 Å². The second kappa shape index (κ2) is 6.76. The fourth-order valence-electron chi connectivity index (χ4n) is 2.38. The number of nitrogens with one attached hydrogen (secondary N) is 1. The Morgan fingerprint density at radius 3 is 2.85 bits per heavy atom. The topological polar surface area (TPSA) is 49.4 Å². The molecule has 0 aromatic heterocycles. The Bertz CT molecular complexity index is 536. The summed E-state index contributed by atoms with van der Waals surface area (Å²) in [6.07, 6.45) is 1.81. The van der Waals surface area contributed by atoms with E-state index < -0.39 is 0 Å². The van der Waals surface area contributed by atoms with E-state index >= 15 is 0 Å². The van der Waals surface area contributed by atoms with E-state index in [0.29, 0.717) is 17.1 Å². The van der Waals surface area contributed by atoms with Crippen molar-refractivity contribution in [1.29, 1.82) is 0 Å². The van der Waals surface area contributed by atoms with E-state index in [2.05, 4.69) is 27.9 Å². The van der Waals surface area contributed by atoms with E-state index in [9.17, 15) is 9.59 Å². The molecule has 1 aliphatic heterocycles. The zero-order chi connectivity index (χ0) is 14.7. The summed E-state index contributed by atoms with van der Waals surface area (Å²) >= 11 is 8.19. The van der Waals surface area contributed by atoms with Crippen molar-refractivity contribution in [2.45, 2.75) is 25.8 Å². The highest BCUT2D eigenvalue weighted by molar-refractivity contribution is 14.1. The van der Waals surface area contributed by atoms with Gasteiger partial charge in [0, 0.05) is 35.2 Å². The molecule has 6 heteroatoms. The number of hydrogen-bond donors (Lipinski definition) is 1. The van der Waals surface area contributed by atoms with Gasteiger partial charge in [0.25, 0.3) is 5.91 Å². The fraction of sp³-hybridized carbons (Fsp3) is 0.429. The van der Waals surface area contributed by atoms with Crippen molar-refractivity contribution >= 4 is 46.0 Å². The van der Waals surface area contributed by atoms with E-state index in [-0.39, 0.29) is 17.9 Å². The van der Waals surface area contributed by atoms with Gasteiger partial charge in [-0.05, 0) is 53.6 Å². The molecule has 1 heterocycles. The van der Waals surface area contributed by atoms with Gasteiger partial charge in [-0.2, -0.15) is 0 Å². The Balaban J connectivity index is 2.08. The molecule has 1 aromatic rings. The van der Waals surface area contributed by atoms with Gasteiger partial charge in [0.2, 0.25) is 5.91 Å². The molecule has 0 aliphatic carbocycles. The van der Waals surface area contributed by atoms with Gasteiger partial charge in [0.05, 0.1) is 5.02 Å². The smallest absolute Gasteiger partial charge is 0.253 e. The Hall–Kier alpha value is -0.820. The molecule has 0 bridgehead atoms. The molecule has 1 atom stereocenters. The average Bonchev–Trinajstić information content (AvgIpc) is 2.40. The summed E-state index contributed by atoms with van der Waals surface area (Å²) in [6.45, 7) is 2.78. The van der Waals surface area contributed by atoms with Crippen LogP contribution in [-0.4, -0.2) is 35.8 Å². The number of carbonyl (C=O) groups is 2. The normalized spacial score (nSPS) is 18.8. The van der Waals surface area contributed by atoms with Crippen LogP contribution in [-0.2, 0) is 4.79 Å². The van der Waals surface area contributed by atoms with Crippen molar-refractivity contribution in [3.05, 3.63) is 32.4 Å². The molecule has 0 spiro atoms. The first kappa shape index (κ1) is 15.6. The molecule has 4 nitrogen and oxygen atoms in total. The van der Waals surface area contributed by atoms with Crippen LogP contribution in [0.25, 0.3) is 0 Å². The third kappa shape index (κ3) is 3.85. The summed E-state index contributed by atoms with van der Waals surface area (Å²) in [7, 11) is 0. The lowest BCUT2D eigenvalue weighted by molar-refractivity contribution is -0.120. The minimum Gasteiger partial charge on any atom is -0.352 e. The number of benzene rings is 1. The third-order valence-corrected chi connectivity index (χ3v) is 4.85. The first-order valence-electron chi connectivity index (χ1n) is 6.49. The molecule has 1 N–H and O–H groups in total. The van der Waals surface area contributed by atoms with Crippen LogP contribution in [0.15, 0.2) is 18.2 Å². The van der Waals surface area contributed by atoms with Gasteiger partial charge in [-0.25, -0.2) is 0 Å². The molecule has 1 unspecified atom stereocenters. The van der Waals surface area contributed by atoms with E-state index in [0.717, 1.165) is 23.0 Å². The Labute approximate surface area is 137 Å². The SMILES string of the molecule is CC(=O)NC1CCCN(C(=O)c2ccc(I)c(Cl)c2)C1. The summed E-state index contributed by atoms with van der Waals surface area (Å²) in [5.41, 5.74) is 0.596. The van der Waals surface area contributed by atoms with Gasteiger partial charge in [0.1, 0.15) is 0 Å². The summed E-state index contributed by atoms with van der Waals surface area (Å²) in [6, 6.07) is 5.38. The Morgan fingerprint density at radius 1 is 1.45 bits per heavy atom. The van der Waals surface area contributed by atoms with E-state index in [4.69, 9.17) is 11.6 Å². The second-order valence-electron chi connectivity index (χ2n) is 4.92. The molecule has 1 aliphatic rings. The number of piperidine rings is 1. The summed E-state index contributed by atoms with van der Waals surface area (Å²) in [5.74, 6) is -0.0834. The highest BCUT2D eigenvalue weighted by atomic mass is 127. The summed E-state index contributed by atoms with van der Waals surface area (Å²) in [4.78, 5) is 25.3. The lowest BCUT2D eigenvalue weighted by Gasteiger charge is -2.33. The molecule has 1 aromatic carbocycles. The predicted octanol–water partition coefficient (Wildman–Crippen LogP) is 2.69. The number of likely N-dealkylation sites (tertiary alicyclic amines) is 1. The third-order valence-electron chi connectivity index (χ3n) is 3.28. The minimum atomic E-state index is -0.0541. The lowest BCUT2D eigenvalue weighted by Crippen LogP contribution is -2.49. The second-order valence-corrected chi connectivity index (χ2v) is 6.49. The number of hydrogen-bond acceptors (Lipinski definition) is 2. The van der Waals surface area contributed by atoms with Crippen LogP contribution in [0.2, 0.25) is 5.02 Å². The van der Waals surface area contributed by atoms with E-state index in [1.54, 1.807) is 17.0 Å². The maximum Gasteiger partial charge on any atom is 0.253 e. The zero-order valence-corrected chi connectivity index (χ0v) is 14.1. The fourth-order valence-corrected chi connectivity index (χ4v) is 2.89. The molecule has 2 amide bonds. The number of nitrogens with zero attached hydrogens (tertiary/aromatic N) is 1. The van der Waals surface area contributed by atoms with Gasteiger partial charge >= 0.3 is 0 Å². The van der Waals surface area contributed by atoms with Crippen LogP contribution in [0.4, 0.5) is 0 Å². The molecule has 1 saturated heterocycles. The molecular formula is C14H16ClIN2O2. The number of amides is 2. The van der Waals surface area contributed by atoms with Crippen LogP contribution in [0.5, 0.6) is 0 Å². The largest absolute Gasteiger partial charge is 0.352 e. The molecule has 0 saturated carbocycles. The van der Waals surface area contributed by atoms with Crippen LogP contribution in [0, 0.1) is 3.57 Å². The van der Waals surface area contributed by atoms with Crippen LogP contribution >= 0.6 is 34.2 Å². The molecule has 108 valence electrons. The molecule has 1 fully saturated rings. The molecule has 20 heavy (non-hydrogen) atoms. The van der Waals surface area contributed by atoms with Crippen molar-refractivity contribution in [3.63, 3.8) is 0 Å². The van der Waals surface area contributed by atoms with Crippen molar-refractivity contribution in [2.75, 3.05) is 13.1 Å². The van der Waals surface area contributed by atoms with Crippen LogP contribution < -0.4 is 5.32 Å². The minimum absolute atomic E-state index is 0.0293. The van der Waals surface area contributed by atoms with Gasteiger partial charge in [-0.15, -0.1) is 0 Å². The maximum absolute atomic E-state index is 12.4. The van der Waals surface area contributed by atoms with Gasteiger partial charge < -0.3 is 10.2 Å². The number of carbonyl (C=O) groups excluding carboxylic acids is 2. The van der Waals surface area contributed by atoms with E-state index in [1.165, 1.54) is 6.92 Å². The van der Waals surface area contributed by atoms with E-state index in [1.807, 2.05) is 6.07 Å². The number of rotatable bonds is 2. The quantitative estimate of drug-likeness (QED) is 0.768. The summed E-state index contributed by atoms with van der Waals surface area (Å²) in [5, 5.41) is 3.47. The van der Waals surface area contributed by atoms with Crippen molar-refractivity contribution < 1.29 is 9.59 Å². The lowest BCUT2D eigenvalue weighted by atomic mass is 10.0. The van der Waals surface area contributed by atoms with Crippen molar-refractivity contribution in [3.8, 4) is 0 Å². The molecule has 2 rings (SSSR count).